The number of anilines is 4. The quantitative estimate of drug-likeness (QED) is 0.232. The van der Waals surface area contributed by atoms with Crippen LogP contribution in [0.4, 0.5) is 33.1 Å². The summed E-state index contributed by atoms with van der Waals surface area (Å²) >= 11 is 0. The lowest BCUT2D eigenvalue weighted by atomic mass is 10.0. The topological polar surface area (TPSA) is 111 Å². The summed E-state index contributed by atoms with van der Waals surface area (Å²) in [6.07, 6.45) is 4.94. The van der Waals surface area contributed by atoms with Crippen molar-refractivity contribution < 1.29 is 9.13 Å². The smallest absolute Gasteiger partial charge is 0.160 e. The van der Waals surface area contributed by atoms with Crippen molar-refractivity contribution in [1.29, 1.82) is 5.53 Å². The molecule has 3 heterocycles. The van der Waals surface area contributed by atoms with E-state index in [1.165, 1.54) is 12.7 Å². The fourth-order valence-corrected chi connectivity index (χ4v) is 4.63. The molecular weight excluding hydrogens is 471 g/mol. The van der Waals surface area contributed by atoms with E-state index >= 15 is 4.39 Å². The van der Waals surface area contributed by atoms with E-state index in [1.54, 1.807) is 44.3 Å². The van der Waals surface area contributed by atoms with E-state index in [1.807, 2.05) is 12.1 Å². The van der Waals surface area contributed by atoms with Gasteiger partial charge in [0, 0.05) is 31.3 Å². The zero-order chi connectivity index (χ0) is 25.9. The second-order valence-corrected chi connectivity index (χ2v) is 9.12. The third-order valence-corrected chi connectivity index (χ3v) is 6.74. The lowest BCUT2D eigenvalue weighted by molar-refractivity contribution is 0.472. The maximum absolute atomic E-state index is 15.5. The average Bonchev–Trinajstić information content (AvgIpc) is 2.93. The van der Waals surface area contributed by atoms with Gasteiger partial charge in [-0.15, -0.1) is 0 Å². The maximum atomic E-state index is 15.5. The van der Waals surface area contributed by atoms with Crippen LogP contribution in [0.1, 0.15) is 31.7 Å². The number of fused-ring (bicyclic) bond motifs is 1. The van der Waals surface area contributed by atoms with Crippen LogP contribution in [0.5, 0.6) is 11.5 Å². The molecule has 0 aliphatic carbocycles. The van der Waals surface area contributed by atoms with E-state index in [2.05, 4.69) is 37.5 Å². The van der Waals surface area contributed by atoms with Crippen molar-refractivity contribution in [2.24, 2.45) is 5.11 Å². The molecule has 1 aliphatic rings. The van der Waals surface area contributed by atoms with Crippen molar-refractivity contribution >= 4 is 39.7 Å². The van der Waals surface area contributed by atoms with Crippen LogP contribution >= 0.6 is 0 Å². The van der Waals surface area contributed by atoms with Gasteiger partial charge >= 0.3 is 0 Å². The van der Waals surface area contributed by atoms with Crippen molar-refractivity contribution in [2.75, 3.05) is 29.1 Å². The number of nitrogens with zero attached hydrogens (tertiary/aromatic N) is 5. The first-order chi connectivity index (χ1) is 18.0. The standard InChI is InChI=1S/C27H29FN8O/c1-16-6-4-5-13-36(16)24-12-10-21-26(34-24)27(32-15-31-21)33-20-9-11-23(17(2)25(20)28)37-18-7-8-19(30-3)22(14-18)35-29/h7-12,14-16,29-30H,4-6,13H2,1-3H3,(H,31,32,33)/t16-/m1/s1. The summed E-state index contributed by atoms with van der Waals surface area (Å²) in [7, 11) is 1.75. The van der Waals surface area contributed by atoms with Gasteiger partial charge in [-0.25, -0.2) is 24.9 Å². The van der Waals surface area contributed by atoms with Gasteiger partial charge in [0.25, 0.3) is 0 Å². The second kappa shape index (κ2) is 10.3. The third-order valence-electron chi connectivity index (χ3n) is 6.74. The molecule has 0 unspecified atom stereocenters. The van der Waals surface area contributed by atoms with Gasteiger partial charge in [0.2, 0.25) is 0 Å². The Morgan fingerprint density at radius 3 is 2.73 bits per heavy atom. The Kier molecular flexibility index (Phi) is 6.80. The van der Waals surface area contributed by atoms with Crippen molar-refractivity contribution in [3.63, 3.8) is 0 Å². The minimum atomic E-state index is -0.456. The van der Waals surface area contributed by atoms with E-state index in [0.29, 0.717) is 51.3 Å². The number of halogens is 1. The molecule has 4 aromatic rings. The number of aromatic nitrogens is 3. The van der Waals surface area contributed by atoms with Crippen LogP contribution < -0.4 is 20.3 Å². The summed E-state index contributed by atoms with van der Waals surface area (Å²) in [6, 6.07) is 12.8. The molecule has 0 spiro atoms. The molecule has 0 saturated carbocycles. The summed E-state index contributed by atoms with van der Waals surface area (Å²) in [5.74, 6) is 1.68. The van der Waals surface area contributed by atoms with Gasteiger partial charge in [0.05, 0.1) is 16.9 Å². The van der Waals surface area contributed by atoms with E-state index in [-0.39, 0.29) is 5.69 Å². The molecule has 0 radical (unpaired) electrons. The van der Waals surface area contributed by atoms with E-state index < -0.39 is 5.82 Å². The van der Waals surface area contributed by atoms with E-state index in [0.717, 1.165) is 25.2 Å². The van der Waals surface area contributed by atoms with Crippen LogP contribution in [0, 0.1) is 18.3 Å². The van der Waals surface area contributed by atoms with E-state index in [9.17, 15) is 0 Å². The Labute approximate surface area is 214 Å². The summed E-state index contributed by atoms with van der Waals surface area (Å²) in [4.78, 5) is 15.9. The van der Waals surface area contributed by atoms with Crippen molar-refractivity contribution in [3.05, 3.63) is 60.2 Å². The highest BCUT2D eigenvalue weighted by atomic mass is 19.1. The van der Waals surface area contributed by atoms with Crippen molar-refractivity contribution in [3.8, 4) is 11.5 Å². The van der Waals surface area contributed by atoms with Crippen LogP contribution in [0.2, 0.25) is 0 Å². The van der Waals surface area contributed by atoms with Crippen LogP contribution in [0.15, 0.2) is 53.9 Å². The molecule has 9 nitrogen and oxygen atoms in total. The molecule has 10 heteroatoms. The molecule has 3 N–H and O–H groups in total. The lowest BCUT2D eigenvalue weighted by Crippen LogP contribution is -2.37. The average molecular weight is 501 g/mol. The minimum absolute atomic E-state index is 0.260. The summed E-state index contributed by atoms with van der Waals surface area (Å²) in [5.41, 5.74) is 10.4. The van der Waals surface area contributed by atoms with Crippen LogP contribution in [-0.4, -0.2) is 34.6 Å². The number of rotatable bonds is 7. The number of pyridine rings is 1. The maximum Gasteiger partial charge on any atom is 0.160 e. The number of nitrogens with one attached hydrogen (secondary N) is 3. The molecule has 2 aromatic heterocycles. The fourth-order valence-electron chi connectivity index (χ4n) is 4.63. The van der Waals surface area contributed by atoms with Gasteiger partial charge in [-0.2, -0.15) is 5.11 Å². The molecule has 190 valence electrons. The highest BCUT2D eigenvalue weighted by molar-refractivity contribution is 5.88. The summed E-state index contributed by atoms with van der Waals surface area (Å²) in [5, 5.41) is 9.59. The molecule has 0 amide bonds. The Balaban J connectivity index is 1.43. The molecular formula is C27H29FN8O. The molecule has 1 saturated heterocycles. The molecule has 1 aliphatic heterocycles. The third kappa shape index (κ3) is 4.87. The number of hydrogen-bond donors (Lipinski definition) is 3. The molecule has 1 atom stereocenters. The van der Waals surface area contributed by atoms with Crippen molar-refractivity contribution in [1.82, 2.24) is 15.0 Å². The predicted octanol–water partition coefficient (Wildman–Crippen LogP) is 7.09. The van der Waals surface area contributed by atoms with Gasteiger partial charge in [-0.1, -0.05) is 0 Å². The number of hydrogen-bond acceptors (Lipinski definition) is 9. The lowest BCUT2D eigenvalue weighted by Gasteiger charge is -2.34. The van der Waals surface area contributed by atoms with Gasteiger partial charge in [0.15, 0.2) is 11.6 Å². The zero-order valence-corrected chi connectivity index (χ0v) is 21.0. The van der Waals surface area contributed by atoms with Crippen LogP contribution in [0.3, 0.4) is 0 Å². The molecule has 5 rings (SSSR count). The first-order valence-electron chi connectivity index (χ1n) is 12.3. The Morgan fingerprint density at radius 2 is 1.95 bits per heavy atom. The first-order valence-corrected chi connectivity index (χ1v) is 12.3. The number of ether oxygens (including phenoxy) is 1. The number of benzene rings is 2. The van der Waals surface area contributed by atoms with Gasteiger partial charge in [0.1, 0.15) is 34.8 Å². The van der Waals surface area contributed by atoms with Crippen LogP contribution in [0.25, 0.3) is 11.0 Å². The summed E-state index contributed by atoms with van der Waals surface area (Å²) in [6.45, 7) is 4.82. The first kappa shape index (κ1) is 24.4. The molecule has 37 heavy (non-hydrogen) atoms. The van der Waals surface area contributed by atoms with Gasteiger partial charge < -0.3 is 20.3 Å². The normalized spacial score (nSPS) is 15.5. The Bertz CT molecular complexity index is 1460. The highest BCUT2D eigenvalue weighted by Crippen LogP contribution is 2.36. The molecule has 0 bridgehead atoms. The largest absolute Gasteiger partial charge is 0.457 e. The Morgan fingerprint density at radius 1 is 1.11 bits per heavy atom. The highest BCUT2D eigenvalue weighted by Gasteiger charge is 2.21. The Hall–Kier alpha value is -4.34. The van der Waals surface area contributed by atoms with Gasteiger partial charge in [-0.3, -0.25) is 0 Å². The molecule has 1 fully saturated rings. The SMILES string of the molecule is CNc1ccc(Oc2ccc(Nc3ncnc4ccc(N5CCCC[C@H]5C)nc34)c(F)c2C)cc1N=N. The molecule has 2 aromatic carbocycles. The van der Waals surface area contributed by atoms with E-state index in [4.69, 9.17) is 15.3 Å². The van der Waals surface area contributed by atoms with Crippen molar-refractivity contribution in [2.45, 2.75) is 39.2 Å². The summed E-state index contributed by atoms with van der Waals surface area (Å²) < 4.78 is 21.4. The van der Waals surface area contributed by atoms with Crippen LogP contribution in [-0.2, 0) is 0 Å². The predicted molar refractivity (Wildman–Crippen MR) is 143 cm³/mol. The monoisotopic (exact) mass is 500 g/mol. The minimum Gasteiger partial charge on any atom is -0.457 e. The second-order valence-electron chi connectivity index (χ2n) is 9.12. The number of piperidine rings is 1. The zero-order valence-electron chi connectivity index (χ0n) is 21.0. The fraction of sp³-hybridized carbons (Fsp3) is 0.296. The van der Waals surface area contributed by atoms with Gasteiger partial charge in [-0.05, 0) is 69.5 Å².